The van der Waals surface area contributed by atoms with Gasteiger partial charge in [0.05, 0.1) is 23.4 Å². The molecule has 0 aliphatic rings. The van der Waals surface area contributed by atoms with E-state index < -0.39 is 23.8 Å². The van der Waals surface area contributed by atoms with Crippen LogP contribution in [0.2, 0.25) is 0 Å². The highest BCUT2D eigenvalue weighted by molar-refractivity contribution is 7.14. The molecule has 1 aromatic heterocycles. The van der Waals surface area contributed by atoms with E-state index in [4.69, 9.17) is 0 Å². The number of nitrogens with one attached hydrogen (secondary N) is 2. The van der Waals surface area contributed by atoms with Crippen LogP contribution >= 0.6 is 11.3 Å². The second-order valence-electron chi connectivity index (χ2n) is 8.53. The summed E-state index contributed by atoms with van der Waals surface area (Å²) in [6, 6.07) is 13.9. The monoisotopic (exact) mass is 500 g/mol. The third kappa shape index (κ3) is 8.35. The third-order valence-corrected chi connectivity index (χ3v) is 6.80. The molecular weight excluding hydrogens is 470 g/mol. The third-order valence-electron chi connectivity index (χ3n) is 5.61. The van der Waals surface area contributed by atoms with Gasteiger partial charge in [-0.1, -0.05) is 31.2 Å². The van der Waals surface area contributed by atoms with Crippen LogP contribution in [0.3, 0.4) is 0 Å². The second kappa shape index (κ2) is 12.7. The average molecular weight is 501 g/mol. The zero-order chi connectivity index (χ0) is 25.4. The Morgan fingerprint density at radius 3 is 2.37 bits per heavy atom. The van der Waals surface area contributed by atoms with Crippen molar-refractivity contribution in [2.75, 3.05) is 6.54 Å². The molecule has 3 rings (SSSR count). The molecule has 3 N–H and O–H groups in total. The lowest BCUT2D eigenvalue weighted by molar-refractivity contribution is -0.121. The van der Waals surface area contributed by atoms with Gasteiger partial charge in [0.15, 0.2) is 5.78 Å². The quantitative estimate of drug-likeness (QED) is 0.326. The number of halogens is 2. The van der Waals surface area contributed by atoms with E-state index in [1.54, 1.807) is 12.1 Å². The van der Waals surface area contributed by atoms with Crippen LogP contribution in [0.25, 0.3) is 0 Å². The number of thiophene rings is 1. The van der Waals surface area contributed by atoms with Gasteiger partial charge in [-0.05, 0) is 60.7 Å². The first kappa shape index (κ1) is 26.7. The van der Waals surface area contributed by atoms with Gasteiger partial charge in [0.2, 0.25) is 5.91 Å². The molecule has 0 aliphatic heterocycles. The lowest BCUT2D eigenvalue weighted by atomic mass is 10.00. The summed E-state index contributed by atoms with van der Waals surface area (Å²) >= 11 is 1.24. The molecule has 8 heteroatoms. The Balaban J connectivity index is 1.66. The maximum atomic E-state index is 13.7. The number of hydrogen-bond donors (Lipinski definition) is 3. The van der Waals surface area contributed by atoms with Crippen LogP contribution in [0, 0.1) is 11.6 Å². The van der Waals surface area contributed by atoms with E-state index in [0.29, 0.717) is 21.9 Å². The number of rotatable bonds is 12. The van der Waals surface area contributed by atoms with E-state index in [-0.39, 0.29) is 31.1 Å². The summed E-state index contributed by atoms with van der Waals surface area (Å²) in [7, 11) is 0. The first-order valence-corrected chi connectivity index (χ1v) is 12.4. The van der Waals surface area contributed by atoms with Gasteiger partial charge in [0.25, 0.3) is 0 Å². The summed E-state index contributed by atoms with van der Waals surface area (Å²) in [6.07, 6.45) is 0.0105. The number of Topliss-reactive ketones (excluding diaryl/α,β-unsaturated/α-hetero) is 1. The maximum Gasteiger partial charge on any atom is 0.225 e. The fraction of sp³-hybridized carbons (Fsp3) is 0.333. The SMILES string of the molecule is CCc1cccc(CNC[C@@H](O)[C@H](Cc2cc(F)cc(F)c2)NC(=O)Cc2ccc(C(C)=O)s2)c1. The maximum absolute atomic E-state index is 13.7. The van der Waals surface area contributed by atoms with E-state index in [9.17, 15) is 23.5 Å². The second-order valence-corrected chi connectivity index (χ2v) is 9.69. The first-order valence-electron chi connectivity index (χ1n) is 11.5. The van der Waals surface area contributed by atoms with Crippen LogP contribution in [0.5, 0.6) is 0 Å². The predicted molar refractivity (Wildman–Crippen MR) is 134 cm³/mol. The van der Waals surface area contributed by atoms with E-state index in [1.165, 1.54) is 36.0 Å². The van der Waals surface area contributed by atoms with Crippen molar-refractivity contribution in [3.63, 3.8) is 0 Å². The minimum absolute atomic E-state index is 0.0376. The number of ketones is 1. The van der Waals surface area contributed by atoms with Gasteiger partial charge in [-0.2, -0.15) is 0 Å². The van der Waals surface area contributed by atoms with Gasteiger partial charge in [-0.3, -0.25) is 9.59 Å². The molecule has 0 spiro atoms. The molecule has 186 valence electrons. The summed E-state index contributed by atoms with van der Waals surface area (Å²) in [4.78, 5) is 25.5. The van der Waals surface area contributed by atoms with Crippen molar-refractivity contribution >= 4 is 23.0 Å². The number of benzene rings is 2. The van der Waals surface area contributed by atoms with Crippen molar-refractivity contribution in [3.8, 4) is 0 Å². The van der Waals surface area contributed by atoms with Crippen molar-refractivity contribution < 1.29 is 23.5 Å². The molecule has 35 heavy (non-hydrogen) atoms. The lowest BCUT2D eigenvalue weighted by Crippen LogP contribution is -2.49. The largest absolute Gasteiger partial charge is 0.390 e. The number of amides is 1. The van der Waals surface area contributed by atoms with E-state index in [1.807, 2.05) is 12.1 Å². The van der Waals surface area contributed by atoms with E-state index in [2.05, 4.69) is 29.7 Å². The standard InChI is InChI=1S/C27H30F2N2O3S/c1-3-18-5-4-6-19(9-18)15-30-16-25(33)24(12-20-10-21(28)13-22(29)11-20)31-27(34)14-23-7-8-26(35-23)17(2)32/h4-11,13,24-25,30,33H,3,12,14-16H2,1-2H3,(H,31,34)/t24-,25+/m0/s1. The van der Waals surface area contributed by atoms with Crippen molar-refractivity contribution in [2.45, 2.75) is 51.8 Å². The smallest absolute Gasteiger partial charge is 0.225 e. The molecule has 1 heterocycles. The Hall–Kier alpha value is -2.94. The Labute approximate surface area is 208 Å². The van der Waals surface area contributed by atoms with E-state index >= 15 is 0 Å². The van der Waals surface area contributed by atoms with Crippen LogP contribution < -0.4 is 10.6 Å². The first-order chi connectivity index (χ1) is 16.7. The molecule has 0 bridgehead atoms. The number of aryl methyl sites for hydroxylation is 1. The highest BCUT2D eigenvalue weighted by atomic mass is 32.1. The highest BCUT2D eigenvalue weighted by Gasteiger charge is 2.23. The fourth-order valence-corrected chi connectivity index (χ4v) is 4.71. The fourth-order valence-electron chi connectivity index (χ4n) is 3.81. The van der Waals surface area contributed by atoms with E-state index in [0.717, 1.165) is 18.1 Å². The highest BCUT2D eigenvalue weighted by Crippen LogP contribution is 2.18. The Kier molecular flexibility index (Phi) is 9.65. The molecule has 0 fully saturated rings. The number of aliphatic hydroxyl groups excluding tert-OH is 1. The van der Waals surface area contributed by atoms with Crippen LogP contribution in [-0.2, 0) is 30.6 Å². The number of carbonyl (C=O) groups excluding carboxylic acids is 2. The van der Waals surface area contributed by atoms with Crippen molar-refractivity contribution in [1.29, 1.82) is 0 Å². The summed E-state index contributed by atoms with van der Waals surface area (Å²) in [5.74, 6) is -1.86. The van der Waals surface area contributed by atoms with Crippen molar-refractivity contribution in [3.05, 3.63) is 92.7 Å². The minimum Gasteiger partial charge on any atom is -0.390 e. The summed E-state index contributed by atoms with van der Waals surface area (Å²) in [6.45, 7) is 4.25. The van der Waals surface area contributed by atoms with Crippen molar-refractivity contribution in [2.24, 2.45) is 0 Å². The number of carbonyl (C=O) groups is 2. The van der Waals surface area contributed by atoms with Gasteiger partial charge in [0, 0.05) is 24.0 Å². The lowest BCUT2D eigenvalue weighted by Gasteiger charge is -2.25. The molecule has 0 radical (unpaired) electrons. The van der Waals surface area contributed by atoms with Crippen LogP contribution in [-0.4, -0.2) is 35.5 Å². The van der Waals surface area contributed by atoms with Gasteiger partial charge in [-0.25, -0.2) is 8.78 Å². The molecule has 0 aliphatic carbocycles. The van der Waals surface area contributed by atoms with Gasteiger partial charge < -0.3 is 15.7 Å². The van der Waals surface area contributed by atoms with Gasteiger partial charge in [0.1, 0.15) is 11.6 Å². The molecule has 3 aromatic rings. The summed E-state index contributed by atoms with van der Waals surface area (Å²) in [5, 5.41) is 16.9. The molecule has 2 atom stereocenters. The number of aliphatic hydroxyl groups is 1. The molecule has 0 unspecified atom stereocenters. The topological polar surface area (TPSA) is 78.4 Å². The Morgan fingerprint density at radius 1 is 1.00 bits per heavy atom. The van der Waals surface area contributed by atoms with Gasteiger partial charge >= 0.3 is 0 Å². The van der Waals surface area contributed by atoms with Crippen LogP contribution in [0.15, 0.2) is 54.6 Å². The number of hydrogen-bond acceptors (Lipinski definition) is 5. The average Bonchev–Trinajstić information content (AvgIpc) is 3.27. The molecule has 2 aromatic carbocycles. The normalized spacial score (nSPS) is 12.8. The minimum atomic E-state index is -1.00. The van der Waals surface area contributed by atoms with Crippen LogP contribution in [0.1, 0.15) is 45.1 Å². The summed E-state index contributed by atoms with van der Waals surface area (Å²) in [5.41, 5.74) is 2.62. The molecule has 0 saturated heterocycles. The predicted octanol–water partition coefficient (Wildman–Crippen LogP) is 4.21. The van der Waals surface area contributed by atoms with Gasteiger partial charge in [-0.15, -0.1) is 11.3 Å². The van der Waals surface area contributed by atoms with Crippen molar-refractivity contribution in [1.82, 2.24) is 10.6 Å². The zero-order valence-corrected chi connectivity index (χ0v) is 20.6. The molecule has 5 nitrogen and oxygen atoms in total. The molecular formula is C27H30F2N2O3S. The summed E-state index contributed by atoms with van der Waals surface area (Å²) < 4.78 is 27.4. The van der Waals surface area contributed by atoms with Crippen LogP contribution in [0.4, 0.5) is 8.78 Å². The zero-order valence-electron chi connectivity index (χ0n) is 19.8. The Bertz CT molecular complexity index is 1140. The Morgan fingerprint density at radius 2 is 1.71 bits per heavy atom. The molecule has 1 amide bonds. The molecule has 0 saturated carbocycles.